The van der Waals surface area contributed by atoms with Gasteiger partial charge in [-0.05, 0) is 32.7 Å². The highest BCUT2D eigenvalue weighted by Gasteiger charge is 2.16. The highest BCUT2D eigenvalue weighted by atomic mass is 16.5. The van der Waals surface area contributed by atoms with Crippen LogP contribution in [0.5, 0.6) is 0 Å². The molecular formula is C12H21N3O. The van der Waals surface area contributed by atoms with Gasteiger partial charge in [-0.2, -0.15) is 0 Å². The fraction of sp³-hybridized carbons (Fsp3) is 0.750. The molecule has 0 fully saturated rings. The molecule has 0 aromatic carbocycles. The van der Waals surface area contributed by atoms with Crippen molar-refractivity contribution in [2.24, 2.45) is 0 Å². The van der Waals surface area contributed by atoms with Crippen LogP contribution in [0.2, 0.25) is 0 Å². The average Bonchev–Trinajstić information content (AvgIpc) is 2.72. The Morgan fingerprint density at radius 1 is 1.50 bits per heavy atom. The summed E-state index contributed by atoms with van der Waals surface area (Å²) in [5.41, 5.74) is 2.74. The molecule has 90 valence electrons. The lowest BCUT2D eigenvalue weighted by atomic mass is 10.0. The van der Waals surface area contributed by atoms with Gasteiger partial charge in [0.2, 0.25) is 0 Å². The average molecular weight is 223 g/mol. The minimum absolute atomic E-state index is 0.366. The number of methoxy groups -OCH3 is 1. The van der Waals surface area contributed by atoms with E-state index in [0.29, 0.717) is 6.04 Å². The fourth-order valence-corrected chi connectivity index (χ4v) is 2.35. The van der Waals surface area contributed by atoms with Gasteiger partial charge < -0.3 is 14.6 Å². The molecule has 1 N–H and O–H groups in total. The smallest absolute Gasteiger partial charge is 0.0952 e. The van der Waals surface area contributed by atoms with Crippen LogP contribution in [0, 0.1) is 0 Å². The van der Waals surface area contributed by atoms with Crippen LogP contribution in [0.3, 0.4) is 0 Å². The number of likely N-dealkylation sites (N-methyl/N-ethyl adjacent to an activating group) is 1. The van der Waals surface area contributed by atoms with Crippen molar-refractivity contribution in [3.63, 3.8) is 0 Å². The van der Waals surface area contributed by atoms with Crippen LogP contribution in [-0.2, 0) is 24.1 Å². The van der Waals surface area contributed by atoms with Gasteiger partial charge in [0.25, 0.3) is 0 Å². The molecule has 0 bridgehead atoms. The van der Waals surface area contributed by atoms with E-state index in [-0.39, 0.29) is 0 Å². The number of imidazole rings is 1. The number of nitrogens with one attached hydrogen (secondary N) is 1. The predicted octanol–water partition coefficient (Wildman–Crippen LogP) is 0.996. The quantitative estimate of drug-likeness (QED) is 0.809. The number of fused-ring (bicyclic) bond motifs is 1. The van der Waals surface area contributed by atoms with E-state index in [0.717, 1.165) is 19.6 Å². The van der Waals surface area contributed by atoms with Crippen LogP contribution < -0.4 is 5.32 Å². The molecule has 1 aliphatic rings. The Kier molecular flexibility index (Phi) is 3.96. The molecule has 1 aromatic heterocycles. The van der Waals surface area contributed by atoms with E-state index in [9.17, 15) is 0 Å². The van der Waals surface area contributed by atoms with E-state index in [1.807, 2.05) is 13.4 Å². The van der Waals surface area contributed by atoms with Crippen molar-refractivity contribution >= 4 is 0 Å². The second-order valence-corrected chi connectivity index (χ2v) is 4.44. The van der Waals surface area contributed by atoms with Gasteiger partial charge in [-0.25, -0.2) is 4.98 Å². The van der Waals surface area contributed by atoms with Crippen molar-refractivity contribution in [2.45, 2.75) is 38.3 Å². The normalized spacial score (nSPS) is 17.1. The zero-order chi connectivity index (χ0) is 11.4. The van der Waals surface area contributed by atoms with Crippen molar-refractivity contribution in [3.05, 3.63) is 17.7 Å². The van der Waals surface area contributed by atoms with Gasteiger partial charge in [0.1, 0.15) is 0 Å². The molecule has 4 nitrogen and oxygen atoms in total. The van der Waals surface area contributed by atoms with Gasteiger partial charge in [0, 0.05) is 25.4 Å². The summed E-state index contributed by atoms with van der Waals surface area (Å²) in [5.74, 6) is 0. The Balaban J connectivity index is 2.05. The second-order valence-electron chi connectivity index (χ2n) is 4.44. The molecule has 0 radical (unpaired) electrons. The third kappa shape index (κ3) is 2.44. The molecule has 1 atom stereocenters. The lowest BCUT2D eigenvalue weighted by Gasteiger charge is -2.19. The van der Waals surface area contributed by atoms with E-state index in [1.54, 1.807) is 7.11 Å². The van der Waals surface area contributed by atoms with Crippen molar-refractivity contribution in [2.75, 3.05) is 20.8 Å². The van der Waals surface area contributed by atoms with E-state index in [2.05, 4.69) is 14.9 Å². The number of aromatic nitrogens is 2. The van der Waals surface area contributed by atoms with Crippen molar-refractivity contribution in [1.82, 2.24) is 14.9 Å². The number of hydrogen-bond acceptors (Lipinski definition) is 3. The first-order valence-corrected chi connectivity index (χ1v) is 6.04. The minimum atomic E-state index is 0.366. The van der Waals surface area contributed by atoms with Crippen LogP contribution in [0.1, 0.15) is 24.2 Å². The van der Waals surface area contributed by atoms with Crippen LogP contribution in [0.25, 0.3) is 0 Å². The third-order valence-electron chi connectivity index (χ3n) is 3.30. The van der Waals surface area contributed by atoms with E-state index in [1.165, 1.54) is 30.7 Å². The number of ether oxygens (including phenoxy) is 1. The van der Waals surface area contributed by atoms with Gasteiger partial charge in [-0.1, -0.05) is 0 Å². The molecule has 0 saturated heterocycles. The van der Waals surface area contributed by atoms with E-state index >= 15 is 0 Å². The minimum Gasteiger partial charge on any atom is -0.383 e. The molecule has 1 aromatic rings. The highest BCUT2D eigenvalue weighted by Crippen LogP contribution is 2.19. The van der Waals surface area contributed by atoms with Crippen LogP contribution in [0.15, 0.2) is 6.33 Å². The molecule has 1 aliphatic carbocycles. The standard InChI is InChI=1S/C12H21N3O/c1-13-10(8-16-2)7-15-9-14-11-5-3-4-6-12(11)15/h9-10,13H,3-8H2,1-2H3. The summed E-state index contributed by atoms with van der Waals surface area (Å²) >= 11 is 0. The Bertz CT molecular complexity index is 335. The summed E-state index contributed by atoms with van der Waals surface area (Å²) in [7, 11) is 3.72. The first-order chi connectivity index (χ1) is 7.85. The molecule has 1 heterocycles. The molecule has 0 spiro atoms. The first-order valence-electron chi connectivity index (χ1n) is 6.04. The molecule has 1 unspecified atom stereocenters. The largest absolute Gasteiger partial charge is 0.383 e. The monoisotopic (exact) mass is 223 g/mol. The van der Waals surface area contributed by atoms with E-state index < -0.39 is 0 Å². The molecule has 16 heavy (non-hydrogen) atoms. The Labute approximate surface area is 97.0 Å². The van der Waals surface area contributed by atoms with Gasteiger partial charge >= 0.3 is 0 Å². The molecule has 0 amide bonds. The highest BCUT2D eigenvalue weighted by molar-refractivity contribution is 5.16. The van der Waals surface area contributed by atoms with Gasteiger partial charge in [0.05, 0.1) is 18.6 Å². The maximum absolute atomic E-state index is 5.19. The molecule has 0 aliphatic heterocycles. The zero-order valence-electron chi connectivity index (χ0n) is 10.2. The Morgan fingerprint density at radius 2 is 2.31 bits per heavy atom. The molecule has 0 saturated carbocycles. The molecule has 4 heteroatoms. The van der Waals surface area contributed by atoms with Crippen LogP contribution in [-0.4, -0.2) is 36.4 Å². The topological polar surface area (TPSA) is 39.1 Å². The first kappa shape index (κ1) is 11.6. The fourth-order valence-electron chi connectivity index (χ4n) is 2.35. The molecular weight excluding hydrogens is 202 g/mol. The van der Waals surface area contributed by atoms with Gasteiger partial charge in [-0.15, -0.1) is 0 Å². The van der Waals surface area contributed by atoms with Crippen molar-refractivity contribution in [3.8, 4) is 0 Å². The summed E-state index contributed by atoms with van der Waals surface area (Å²) in [6.07, 6.45) is 6.90. The van der Waals surface area contributed by atoms with Crippen LogP contribution >= 0.6 is 0 Å². The Hall–Kier alpha value is -0.870. The SMILES string of the molecule is CNC(COC)Cn1cnc2c1CCCC2. The summed E-state index contributed by atoms with van der Waals surface area (Å²) in [6, 6.07) is 0.366. The van der Waals surface area contributed by atoms with Crippen molar-refractivity contribution < 1.29 is 4.74 Å². The second kappa shape index (κ2) is 5.46. The Morgan fingerprint density at radius 3 is 3.06 bits per heavy atom. The third-order valence-corrected chi connectivity index (χ3v) is 3.30. The predicted molar refractivity (Wildman–Crippen MR) is 63.6 cm³/mol. The maximum Gasteiger partial charge on any atom is 0.0952 e. The number of aryl methyl sites for hydroxylation is 1. The van der Waals surface area contributed by atoms with Crippen molar-refractivity contribution in [1.29, 1.82) is 0 Å². The van der Waals surface area contributed by atoms with E-state index in [4.69, 9.17) is 4.74 Å². The lowest BCUT2D eigenvalue weighted by Crippen LogP contribution is -2.34. The lowest BCUT2D eigenvalue weighted by molar-refractivity contribution is 0.162. The van der Waals surface area contributed by atoms with Crippen LogP contribution in [0.4, 0.5) is 0 Å². The summed E-state index contributed by atoms with van der Waals surface area (Å²) in [4.78, 5) is 4.50. The summed E-state index contributed by atoms with van der Waals surface area (Å²) in [6.45, 7) is 1.69. The molecule has 2 rings (SSSR count). The number of nitrogens with zero attached hydrogens (tertiary/aromatic N) is 2. The number of hydrogen-bond donors (Lipinski definition) is 1. The van der Waals surface area contributed by atoms with Gasteiger partial charge in [0.15, 0.2) is 0 Å². The van der Waals surface area contributed by atoms with Gasteiger partial charge in [-0.3, -0.25) is 0 Å². The summed E-state index contributed by atoms with van der Waals surface area (Å²) in [5, 5.41) is 3.27. The zero-order valence-corrected chi connectivity index (χ0v) is 10.2. The summed E-state index contributed by atoms with van der Waals surface area (Å²) < 4.78 is 7.48. The number of rotatable bonds is 5. The maximum atomic E-state index is 5.19.